The Morgan fingerprint density at radius 2 is 1.97 bits per heavy atom. The molecular formula is C24H29FN2O2. The zero-order chi connectivity index (χ0) is 20.6. The van der Waals surface area contributed by atoms with Crippen molar-refractivity contribution >= 4 is 11.6 Å². The molecule has 5 heteroatoms. The van der Waals surface area contributed by atoms with Crippen molar-refractivity contribution in [1.29, 1.82) is 0 Å². The third-order valence-electron chi connectivity index (χ3n) is 6.45. The molecule has 2 aliphatic heterocycles. The highest BCUT2D eigenvalue weighted by molar-refractivity contribution is 5.80. The molecule has 2 fully saturated rings. The van der Waals surface area contributed by atoms with Crippen molar-refractivity contribution in [3.8, 4) is 5.75 Å². The maximum absolute atomic E-state index is 13.8. The third-order valence-corrected chi connectivity index (χ3v) is 6.45. The summed E-state index contributed by atoms with van der Waals surface area (Å²) in [7, 11) is 1.64. The van der Waals surface area contributed by atoms with E-state index >= 15 is 0 Å². The van der Waals surface area contributed by atoms with Gasteiger partial charge in [-0.3, -0.25) is 4.79 Å². The van der Waals surface area contributed by atoms with Crippen LogP contribution in [0.15, 0.2) is 48.5 Å². The molecule has 29 heavy (non-hydrogen) atoms. The van der Waals surface area contributed by atoms with Gasteiger partial charge in [0.1, 0.15) is 11.6 Å². The van der Waals surface area contributed by atoms with Crippen LogP contribution in [0.2, 0.25) is 0 Å². The van der Waals surface area contributed by atoms with Gasteiger partial charge in [0.2, 0.25) is 5.91 Å². The SMILES string of the molecule is COc1cccc(CC(=O)N2CCCC23CN(c2cccc(F)c2)C(C)(C)C3)c1. The van der Waals surface area contributed by atoms with Crippen molar-refractivity contribution in [1.82, 2.24) is 4.90 Å². The highest BCUT2D eigenvalue weighted by Crippen LogP contribution is 2.47. The molecule has 1 atom stereocenters. The summed E-state index contributed by atoms with van der Waals surface area (Å²) in [6.45, 7) is 5.91. The van der Waals surface area contributed by atoms with Crippen molar-refractivity contribution in [2.24, 2.45) is 0 Å². The topological polar surface area (TPSA) is 32.8 Å². The van der Waals surface area contributed by atoms with Crippen LogP contribution < -0.4 is 9.64 Å². The summed E-state index contributed by atoms with van der Waals surface area (Å²) in [5, 5.41) is 0. The lowest BCUT2D eigenvalue weighted by Crippen LogP contribution is -2.49. The Balaban J connectivity index is 1.57. The summed E-state index contributed by atoms with van der Waals surface area (Å²) in [6.07, 6.45) is 3.27. The quantitative estimate of drug-likeness (QED) is 0.767. The number of anilines is 1. The summed E-state index contributed by atoms with van der Waals surface area (Å²) in [5.74, 6) is 0.704. The Hall–Kier alpha value is -2.56. The van der Waals surface area contributed by atoms with Crippen LogP contribution in [0.3, 0.4) is 0 Å². The molecule has 0 aromatic heterocycles. The molecule has 4 rings (SSSR count). The second kappa shape index (κ2) is 7.36. The zero-order valence-corrected chi connectivity index (χ0v) is 17.5. The predicted molar refractivity (Wildman–Crippen MR) is 113 cm³/mol. The van der Waals surface area contributed by atoms with Crippen molar-refractivity contribution < 1.29 is 13.9 Å². The van der Waals surface area contributed by atoms with E-state index in [9.17, 15) is 9.18 Å². The summed E-state index contributed by atoms with van der Waals surface area (Å²) < 4.78 is 19.1. The number of ether oxygens (including phenoxy) is 1. The van der Waals surface area contributed by atoms with Gasteiger partial charge in [0.05, 0.1) is 19.1 Å². The average molecular weight is 397 g/mol. The van der Waals surface area contributed by atoms with Crippen LogP contribution in [-0.4, -0.2) is 42.1 Å². The average Bonchev–Trinajstić information content (AvgIpc) is 3.21. The summed E-state index contributed by atoms with van der Waals surface area (Å²) in [6, 6.07) is 14.5. The number of likely N-dealkylation sites (tertiary alicyclic amines) is 1. The van der Waals surface area contributed by atoms with Gasteiger partial charge in [-0.05, 0) is 69.0 Å². The second-order valence-corrected chi connectivity index (χ2v) is 8.96. The lowest BCUT2D eigenvalue weighted by atomic mass is 9.87. The molecule has 0 bridgehead atoms. The standard InChI is InChI=1S/C24H29FN2O2/c1-23(2)16-24(17-27(23)20-9-5-8-19(25)15-20)11-6-12-26(24)22(28)14-18-7-4-10-21(13-18)29-3/h4-5,7-10,13,15H,6,11-12,14,16-17H2,1-3H3. The lowest BCUT2D eigenvalue weighted by Gasteiger charge is -2.35. The van der Waals surface area contributed by atoms with Crippen LogP contribution in [0, 0.1) is 5.82 Å². The molecular weight excluding hydrogens is 367 g/mol. The van der Waals surface area contributed by atoms with Crippen LogP contribution >= 0.6 is 0 Å². The smallest absolute Gasteiger partial charge is 0.227 e. The first-order chi connectivity index (χ1) is 13.8. The number of hydrogen-bond donors (Lipinski definition) is 0. The highest BCUT2D eigenvalue weighted by Gasteiger charge is 2.54. The highest BCUT2D eigenvalue weighted by atomic mass is 19.1. The number of nitrogens with zero attached hydrogens (tertiary/aromatic N) is 2. The number of halogens is 1. The summed E-state index contributed by atoms with van der Waals surface area (Å²) >= 11 is 0. The van der Waals surface area contributed by atoms with Gasteiger partial charge in [-0.25, -0.2) is 4.39 Å². The second-order valence-electron chi connectivity index (χ2n) is 8.96. The normalized spacial score (nSPS) is 23.0. The van der Waals surface area contributed by atoms with Crippen LogP contribution in [0.1, 0.15) is 38.7 Å². The summed E-state index contributed by atoms with van der Waals surface area (Å²) in [5.41, 5.74) is 1.52. The van der Waals surface area contributed by atoms with Gasteiger partial charge in [0.15, 0.2) is 0 Å². The predicted octanol–water partition coefficient (Wildman–Crippen LogP) is 4.43. The van der Waals surface area contributed by atoms with E-state index in [0.29, 0.717) is 6.42 Å². The minimum Gasteiger partial charge on any atom is -0.497 e. The molecule has 4 nitrogen and oxygen atoms in total. The van der Waals surface area contributed by atoms with Gasteiger partial charge < -0.3 is 14.5 Å². The molecule has 1 amide bonds. The molecule has 0 saturated carbocycles. The maximum Gasteiger partial charge on any atom is 0.227 e. The number of amides is 1. The summed E-state index contributed by atoms with van der Waals surface area (Å²) in [4.78, 5) is 17.7. The lowest BCUT2D eigenvalue weighted by molar-refractivity contribution is -0.134. The van der Waals surface area contributed by atoms with Crippen molar-refractivity contribution in [3.63, 3.8) is 0 Å². The minimum absolute atomic E-state index is 0.146. The van der Waals surface area contributed by atoms with E-state index in [1.54, 1.807) is 19.2 Å². The molecule has 2 aromatic carbocycles. The first-order valence-corrected chi connectivity index (χ1v) is 10.3. The van der Waals surface area contributed by atoms with Crippen LogP contribution in [0.4, 0.5) is 10.1 Å². The van der Waals surface area contributed by atoms with Gasteiger partial charge in [0.25, 0.3) is 0 Å². The monoisotopic (exact) mass is 396 g/mol. The molecule has 2 aromatic rings. The van der Waals surface area contributed by atoms with E-state index < -0.39 is 0 Å². The van der Waals surface area contributed by atoms with Crippen LogP contribution in [0.25, 0.3) is 0 Å². The molecule has 0 radical (unpaired) electrons. The fourth-order valence-electron chi connectivity index (χ4n) is 5.28. The number of carbonyl (C=O) groups is 1. The Morgan fingerprint density at radius 1 is 1.17 bits per heavy atom. The molecule has 1 unspecified atom stereocenters. The first kappa shape index (κ1) is 19.7. The number of benzene rings is 2. The fraction of sp³-hybridized carbons (Fsp3) is 0.458. The molecule has 0 aliphatic carbocycles. The maximum atomic E-state index is 13.8. The van der Waals surface area contributed by atoms with Crippen LogP contribution in [0.5, 0.6) is 5.75 Å². The number of hydrogen-bond acceptors (Lipinski definition) is 3. The molecule has 0 N–H and O–H groups in total. The number of methoxy groups -OCH3 is 1. The zero-order valence-electron chi connectivity index (χ0n) is 17.5. The van der Waals surface area contributed by atoms with Crippen molar-refractivity contribution in [2.45, 2.75) is 50.6 Å². The van der Waals surface area contributed by atoms with E-state index in [-0.39, 0.29) is 22.8 Å². The molecule has 154 valence electrons. The number of rotatable bonds is 4. The Bertz CT molecular complexity index is 913. The van der Waals surface area contributed by atoms with Gasteiger partial charge in [-0.1, -0.05) is 18.2 Å². The van der Waals surface area contributed by atoms with E-state index in [2.05, 4.69) is 23.6 Å². The number of carbonyl (C=O) groups excluding carboxylic acids is 1. The van der Waals surface area contributed by atoms with E-state index in [1.807, 2.05) is 30.3 Å². The Kier molecular flexibility index (Phi) is 5.01. The van der Waals surface area contributed by atoms with Gasteiger partial charge in [-0.15, -0.1) is 0 Å². The van der Waals surface area contributed by atoms with Crippen molar-refractivity contribution in [2.75, 3.05) is 25.1 Å². The molecule has 2 saturated heterocycles. The first-order valence-electron chi connectivity index (χ1n) is 10.3. The Labute approximate surface area is 172 Å². The van der Waals surface area contributed by atoms with E-state index in [0.717, 1.165) is 49.4 Å². The van der Waals surface area contributed by atoms with Crippen LogP contribution in [-0.2, 0) is 11.2 Å². The molecule has 1 spiro atoms. The molecule has 2 aliphatic rings. The van der Waals surface area contributed by atoms with E-state index in [4.69, 9.17) is 4.74 Å². The van der Waals surface area contributed by atoms with Gasteiger partial charge in [0, 0.05) is 24.3 Å². The van der Waals surface area contributed by atoms with Crippen molar-refractivity contribution in [3.05, 3.63) is 59.9 Å². The van der Waals surface area contributed by atoms with Gasteiger partial charge in [-0.2, -0.15) is 0 Å². The van der Waals surface area contributed by atoms with Gasteiger partial charge >= 0.3 is 0 Å². The largest absolute Gasteiger partial charge is 0.497 e. The Morgan fingerprint density at radius 3 is 2.72 bits per heavy atom. The van der Waals surface area contributed by atoms with E-state index in [1.165, 1.54) is 6.07 Å². The third kappa shape index (κ3) is 3.70. The fourth-order valence-corrected chi connectivity index (χ4v) is 5.28. The minimum atomic E-state index is -0.225. The molecule has 2 heterocycles.